The smallest absolute Gasteiger partial charge is 0.225 e. The van der Waals surface area contributed by atoms with Crippen LogP contribution in [0.5, 0.6) is 0 Å². The Bertz CT molecular complexity index is 322. The molecule has 4 heteroatoms. The SMILES string of the molecule is O=C(C1CCCCC1)N1CCCC1CN1CCNCC1. The number of amides is 1. The van der Waals surface area contributed by atoms with E-state index in [1.54, 1.807) is 0 Å². The van der Waals surface area contributed by atoms with E-state index < -0.39 is 0 Å². The van der Waals surface area contributed by atoms with Crippen LogP contribution < -0.4 is 5.32 Å². The van der Waals surface area contributed by atoms with Crippen LogP contribution in [0.3, 0.4) is 0 Å². The number of carbonyl (C=O) groups is 1. The van der Waals surface area contributed by atoms with Crippen molar-refractivity contribution < 1.29 is 4.79 Å². The molecule has 2 heterocycles. The van der Waals surface area contributed by atoms with Gasteiger partial charge in [0.25, 0.3) is 0 Å². The first-order valence-electron chi connectivity index (χ1n) is 8.58. The lowest BCUT2D eigenvalue weighted by molar-refractivity contribution is -0.137. The summed E-state index contributed by atoms with van der Waals surface area (Å²) < 4.78 is 0. The van der Waals surface area contributed by atoms with E-state index in [4.69, 9.17) is 0 Å². The Balaban J connectivity index is 1.55. The maximum atomic E-state index is 12.7. The minimum atomic E-state index is 0.340. The van der Waals surface area contributed by atoms with Gasteiger partial charge in [0, 0.05) is 51.2 Å². The summed E-state index contributed by atoms with van der Waals surface area (Å²) in [5, 5.41) is 3.40. The second-order valence-corrected chi connectivity index (χ2v) is 6.71. The van der Waals surface area contributed by atoms with Crippen molar-refractivity contribution in [2.75, 3.05) is 39.3 Å². The second-order valence-electron chi connectivity index (χ2n) is 6.71. The fourth-order valence-corrected chi connectivity index (χ4v) is 4.09. The van der Waals surface area contributed by atoms with E-state index in [1.165, 1.54) is 32.1 Å². The van der Waals surface area contributed by atoms with Gasteiger partial charge in [-0.1, -0.05) is 19.3 Å². The summed E-state index contributed by atoms with van der Waals surface area (Å²) in [4.78, 5) is 17.5. The van der Waals surface area contributed by atoms with Crippen molar-refractivity contribution in [1.29, 1.82) is 0 Å². The summed E-state index contributed by atoms with van der Waals surface area (Å²) in [6, 6.07) is 0.488. The molecule has 0 radical (unpaired) electrons. The lowest BCUT2D eigenvalue weighted by atomic mass is 9.88. The molecule has 2 saturated heterocycles. The molecule has 1 N–H and O–H groups in total. The number of carbonyl (C=O) groups excluding carboxylic acids is 1. The highest BCUT2D eigenvalue weighted by Crippen LogP contribution is 2.29. The zero-order chi connectivity index (χ0) is 13.8. The van der Waals surface area contributed by atoms with Crippen molar-refractivity contribution >= 4 is 5.91 Å². The molecule has 0 aromatic heterocycles. The normalized spacial score (nSPS) is 29.8. The largest absolute Gasteiger partial charge is 0.338 e. The number of hydrogen-bond donors (Lipinski definition) is 1. The lowest BCUT2D eigenvalue weighted by Gasteiger charge is -2.35. The van der Waals surface area contributed by atoms with Crippen LogP contribution in [-0.2, 0) is 4.79 Å². The summed E-state index contributed by atoms with van der Waals surface area (Å²) in [6.07, 6.45) is 8.52. The van der Waals surface area contributed by atoms with Gasteiger partial charge in [-0.25, -0.2) is 0 Å². The van der Waals surface area contributed by atoms with Gasteiger partial charge in [0.1, 0.15) is 0 Å². The highest BCUT2D eigenvalue weighted by Gasteiger charge is 2.34. The molecule has 3 fully saturated rings. The minimum absolute atomic E-state index is 0.340. The summed E-state index contributed by atoms with van der Waals surface area (Å²) >= 11 is 0. The van der Waals surface area contributed by atoms with Crippen molar-refractivity contribution in [2.24, 2.45) is 5.92 Å². The van der Waals surface area contributed by atoms with Crippen LogP contribution in [0, 0.1) is 5.92 Å². The third kappa shape index (κ3) is 3.34. The third-order valence-electron chi connectivity index (χ3n) is 5.29. The highest BCUT2D eigenvalue weighted by molar-refractivity contribution is 5.79. The molecule has 0 aromatic carbocycles. The molecule has 3 aliphatic rings. The molecule has 0 bridgehead atoms. The number of nitrogens with zero attached hydrogens (tertiary/aromatic N) is 2. The van der Waals surface area contributed by atoms with E-state index in [0.29, 0.717) is 17.9 Å². The van der Waals surface area contributed by atoms with Crippen molar-refractivity contribution in [2.45, 2.75) is 51.0 Å². The number of likely N-dealkylation sites (tertiary alicyclic amines) is 1. The van der Waals surface area contributed by atoms with Gasteiger partial charge in [-0.3, -0.25) is 9.69 Å². The quantitative estimate of drug-likeness (QED) is 0.849. The van der Waals surface area contributed by atoms with E-state index >= 15 is 0 Å². The number of piperazine rings is 1. The molecule has 1 unspecified atom stereocenters. The zero-order valence-corrected chi connectivity index (χ0v) is 12.6. The summed E-state index contributed by atoms with van der Waals surface area (Å²) in [7, 11) is 0. The van der Waals surface area contributed by atoms with E-state index in [1.807, 2.05) is 0 Å². The van der Waals surface area contributed by atoms with Gasteiger partial charge in [0.05, 0.1) is 0 Å². The van der Waals surface area contributed by atoms with Crippen molar-refractivity contribution in [1.82, 2.24) is 15.1 Å². The van der Waals surface area contributed by atoms with Gasteiger partial charge >= 0.3 is 0 Å². The first kappa shape index (κ1) is 14.3. The molecule has 114 valence electrons. The molecule has 0 aromatic rings. The van der Waals surface area contributed by atoms with Crippen molar-refractivity contribution in [3.8, 4) is 0 Å². The molecule has 1 aliphatic carbocycles. The van der Waals surface area contributed by atoms with Crippen LogP contribution in [0.25, 0.3) is 0 Å². The van der Waals surface area contributed by atoms with Gasteiger partial charge in [-0.2, -0.15) is 0 Å². The Labute approximate surface area is 122 Å². The molecular weight excluding hydrogens is 250 g/mol. The molecule has 2 aliphatic heterocycles. The van der Waals surface area contributed by atoms with Gasteiger partial charge in [-0.05, 0) is 25.7 Å². The Kier molecular flexibility index (Phi) is 4.94. The second kappa shape index (κ2) is 6.90. The number of hydrogen-bond acceptors (Lipinski definition) is 3. The monoisotopic (exact) mass is 279 g/mol. The standard InChI is InChI=1S/C16H29N3O/c20-16(14-5-2-1-3-6-14)19-10-4-7-15(19)13-18-11-8-17-9-12-18/h14-15,17H,1-13H2. The third-order valence-corrected chi connectivity index (χ3v) is 5.29. The molecule has 1 amide bonds. The molecule has 0 spiro atoms. The fourth-order valence-electron chi connectivity index (χ4n) is 4.09. The number of rotatable bonds is 3. The average molecular weight is 279 g/mol. The molecule has 1 atom stereocenters. The minimum Gasteiger partial charge on any atom is -0.338 e. The van der Waals surface area contributed by atoms with Gasteiger partial charge < -0.3 is 10.2 Å². The first-order valence-corrected chi connectivity index (χ1v) is 8.58. The van der Waals surface area contributed by atoms with Crippen molar-refractivity contribution in [3.05, 3.63) is 0 Å². The van der Waals surface area contributed by atoms with E-state index in [-0.39, 0.29) is 0 Å². The average Bonchev–Trinajstić information content (AvgIpc) is 2.96. The Morgan fingerprint density at radius 3 is 2.45 bits per heavy atom. The molecular formula is C16H29N3O. The van der Waals surface area contributed by atoms with Crippen molar-refractivity contribution in [3.63, 3.8) is 0 Å². The van der Waals surface area contributed by atoms with Crippen LogP contribution >= 0.6 is 0 Å². The van der Waals surface area contributed by atoms with E-state index in [2.05, 4.69) is 15.1 Å². The Hall–Kier alpha value is -0.610. The van der Waals surface area contributed by atoms with Crippen LogP contribution in [0.2, 0.25) is 0 Å². The van der Waals surface area contributed by atoms with Crippen LogP contribution in [0.15, 0.2) is 0 Å². The van der Waals surface area contributed by atoms with Crippen LogP contribution in [0.4, 0.5) is 0 Å². The van der Waals surface area contributed by atoms with Gasteiger partial charge in [0.15, 0.2) is 0 Å². The first-order chi connectivity index (χ1) is 9.84. The molecule has 3 rings (SSSR count). The van der Waals surface area contributed by atoms with E-state index in [9.17, 15) is 4.79 Å². The van der Waals surface area contributed by atoms with Gasteiger partial charge in [0.2, 0.25) is 5.91 Å². The Morgan fingerprint density at radius 2 is 1.70 bits per heavy atom. The number of nitrogens with one attached hydrogen (secondary N) is 1. The van der Waals surface area contributed by atoms with E-state index in [0.717, 1.165) is 52.1 Å². The molecule has 1 saturated carbocycles. The molecule has 4 nitrogen and oxygen atoms in total. The van der Waals surface area contributed by atoms with Gasteiger partial charge in [-0.15, -0.1) is 0 Å². The Morgan fingerprint density at radius 1 is 0.950 bits per heavy atom. The topological polar surface area (TPSA) is 35.6 Å². The predicted octanol–water partition coefficient (Wildman–Crippen LogP) is 1.46. The van der Waals surface area contributed by atoms with Crippen LogP contribution in [-0.4, -0.2) is 61.0 Å². The maximum Gasteiger partial charge on any atom is 0.225 e. The summed E-state index contributed by atoms with van der Waals surface area (Å²) in [5.41, 5.74) is 0. The highest BCUT2D eigenvalue weighted by atomic mass is 16.2. The summed E-state index contributed by atoms with van der Waals surface area (Å²) in [6.45, 7) is 6.59. The van der Waals surface area contributed by atoms with Crippen LogP contribution in [0.1, 0.15) is 44.9 Å². The lowest BCUT2D eigenvalue weighted by Crippen LogP contribution is -2.50. The fraction of sp³-hybridized carbons (Fsp3) is 0.938. The maximum absolute atomic E-state index is 12.7. The zero-order valence-electron chi connectivity index (χ0n) is 12.6. The summed E-state index contributed by atoms with van der Waals surface area (Å²) in [5.74, 6) is 0.815. The molecule has 20 heavy (non-hydrogen) atoms. The predicted molar refractivity (Wildman–Crippen MR) is 80.6 cm³/mol.